The van der Waals surface area contributed by atoms with Crippen molar-refractivity contribution in [3.8, 4) is 0 Å². The molecule has 0 aromatic carbocycles. The third-order valence-electron chi connectivity index (χ3n) is 2.97. The molecule has 2 nitrogen and oxygen atoms in total. The fraction of sp³-hybridized carbons (Fsp3) is 1.00. The fourth-order valence-corrected chi connectivity index (χ4v) is 49.4. The van der Waals surface area contributed by atoms with Gasteiger partial charge in [-0.05, 0) is 0 Å². The first kappa shape index (κ1) is 15.6. The molecule has 96 valence electrons. The van der Waals surface area contributed by atoms with Crippen LogP contribution in [0.4, 0.5) is 0 Å². The van der Waals surface area contributed by atoms with E-state index in [1.54, 1.807) is 0 Å². The average Bonchev–Trinajstić information content (AvgIpc) is 1.69. The van der Waals surface area contributed by atoms with Crippen LogP contribution in [0.15, 0.2) is 0 Å². The molecule has 0 aromatic heterocycles. The Hall–Kier alpha value is 1.52. The SMILES string of the molecule is CC(C)(C)[N]1[Si](C)(C)[N](C(C)(C)C)[Sn]1([Cl])[Cl]. The van der Waals surface area contributed by atoms with Gasteiger partial charge in [-0.1, -0.05) is 0 Å². The summed E-state index contributed by atoms with van der Waals surface area (Å²) in [5.41, 5.74) is 0.189. The zero-order valence-electron chi connectivity index (χ0n) is 11.7. The topological polar surface area (TPSA) is 6.48 Å². The molecule has 1 fully saturated rings. The van der Waals surface area contributed by atoms with Crippen molar-refractivity contribution in [3.63, 3.8) is 0 Å². The Morgan fingerprint density at radius 2 is 1.06 bits per heavy atom. The van der Waals surface area contributed by atoms with Crippen LogP contribution in [0, 0.1) is 0 Å². The van der Waals surface area contributed by atoms with Crippen molar-refractivity contribution >= 4 is 42.9 Å². The summed E-state index contributed by atoms with van der Waals surface area (Å²) in [4.78, 5) is 0. The first-order valence-electron chi connectivity index (χ1n) is 5.72. The molecule has 0 radical (unpaired) electrons. The normalized spacial score (nSPS) is 26.6. The number of halogens is 2. The summed E-state index contributed by atoms with van der Waals surface area (Å²) in [5, 5.41) is 0. The maximum absolute atomic E-state index is 6.75. The average molecular weight is 390 g/mol. The first-order chi connectivity index (χ1) is 6.73. The maximum atomic E-state index is 6.75. The molecular formula is C10H24Cl2N2SiSn. The summed E-state index contributed by atoms with van der Waals surface area (Å²) in [7, 11) is 11.9. The standard InChI is InChI=1S/C10H24N2Si.2ClH.Sn/c1-9(2,3)11-13(7,8)12-10(4,5)6;;;/h1-8H3;2*1H;/q-2;;;+4/p-2. The van der Waals surface area contributed by atoms with Crippen molar-refractivity contribution < 1.29 is 0 Å². The Morgan fingerprint density at radius 1 is 0.812 bits per heavy atom. The number of hydrogen-bond acceptors (Lipinski definition) is 2. The van der Waals surface area contributed by atoms with Crippen LogP contribution in [0.3, 0.4) is 0 Å². The molecule has 0 amide bonds. The van der Waals surface area contributed by atoms with Gasteiger partial charge in [0, 0.05) is 0 Å². The Kier molecular flexibility index (Phi) is 3.90. The summed E-state index contributed by atoms with van der Waals surface area (Å²) < 4.78 is 4.98. The van der Waals surface area contributed by atoms with Crippen molar-refractivity contribution in [2.75, 3.05) is 0 Å². The van der Waals surface area contributed by atoms with Crippen molar-refractivity contribution in [2.45, 2.75) is 65.7 Å². The van der Waals surface area contributed by atoms with E-state index in [4.69, 9.17) is 17.8 Å². The van der Waals surface area contributed by atoms with E-state index >= 15 is 0 Å². The quantitative estimate of drug-likeness (QED) is 0.581. The molecule has 0 unspecified atom stereocenters. The zero-order chi connectivity index (χ0) is 13.2. The van der Waals surface area contributed by atoms with Gasteiger partial charge >= 0.3 is 114 Å². The van der Waals surface area contributed by atoms with E-state index in [2.05, 4.69) is 60.2 Å². The molecule has 0 saturated carbocycles. The molecule has 0 spiro atoms. The molecule has 1 heterocycles. The molecule has 0 bridgehead atoms. The van der Waals surface area contributed by atoms with Crippen LogP contribution in [0.2, 0.25) is 13.1 Å². The molecule has 16 heavy (non-hydrogen) atoms. The summed E-state index contributed by atoms with van der Waals surface area (Å²) in [6.07, 6.45) is 0. The molecule has 1 aliphatic rings. The van der Waals surface area contributed by atoms with Crippen LogP contribution in [-0.2, 0) is 0 Å². The summed E-state index contributed by atoms with van der Waals surface area (Å²) in [6.45, 7) is 18.0. The van der Waals surface area contributed by atoms with E-state index in [0.29, 0.717) is 0 Å². The summed E-state index contributed by atoms with van der Waals surface area (Å²) in [6, 6.07) is 0. The third kappa shape index (κ3) is 2.32. The van der Waals surface area contributed by atoms with Crippen LogP contribution in [0.25, 0.3) is 0 Å². The molecule has 1 saturated heterocycles. The zero-order valence-corrected chi connectivity index (χ0v) is 17.0. The van der Waals surface area contributed by atoms with Gasteiger partial charge in [0.1, 0.15) is 0 Å². The van der Waals surface area contributed by atoms with Gasteiger partial charge in [-0.15, -0.1) is 0 Å². The van der Waals surface area contributed by atoms with Crippen LogP contribution in [0.1, 0.15) is 41.5 Å². The van der Waals surface area contributed by atoms with Gasteiger partial charge in [0.2, 0.25) is 0 Å². The van der Waals surface area contributed by atoms with Crippen LogP contribution >= 0.6 is 17.8 Å². The van der Waals surface area contributed by atoms with Gasteiger partial charge in [-0.3, -0.25) is 0 Å². The molecule has 0 atom stereocenters. The molecule has 1 rings (SSSR count). The molecule has 0 aliphatic carbocycles. The molecule has 1 aliphatic heterocycles. The van der Waals surface area contributed by atoms with E-state index in [-0.39, 0.29) is 11.1 Å². The van der Waals surface area contributed by atoms with Crippen LogP contribution in [0.5, 0.6) is 0 Å². The molecular weight excluding hydrogens is 366 g/mol. The number of hydrogen-bond donors (Lipinski definition) is 0. The third-order valence-corrected chi connectivity index (χ3v) is 35.5. The van der Waals surface area contributed by atoms with E-state index < -0.39 is 25.1 Å². The first-order valence-corrected chi connectivity index (χ1v) is 18.4. The van der Waals surface area contributed by atoms with Crippen molar-refractivity contribution in [3.05, 3.63) is 0 Å². The van der Waals surface area contributed by atoms with E-state index in [1.165, 1.54) is 0 Å². The Labute approximate surface area is 113 Å². The predicted octanol–water partition coefficient (Wildman–Crippen LogP) is 3.82. The van der Waals surface area contributed by atoms with Crippen molar-refractivity contribution in [2.24, 2.45) is 0 Å². The second-order valence-electron chi connectivity index (χ2n) is 7.02. The number of rotatable bonds is 0. The molecule has 0 N–H and O–H groups in total. The monoisotopic (exact) mass is 390 g/mol. The summed E-state index contributed by atoms with van der Waals surface area (Å²) >= 11 is -3.25. The predicted molar refractivity (Wildman–Crippen MR) is 78.1 cm³/mol. The van der Waals surface area contributed by atoms with E-state index in [1.807, 2.05) is 0 Å². The van der Waals surface area contributed by atoms with Gasteiger partial charge in [-0.25, -0.2) is 0 Å². The number of nitrogens with zero attached hydrogens (tertiary/aromatic N) is 2. The molecule has 0 aromatic rings. The van der Waals surface area contributed by atoms with Gasteiger partial charge in [0.15, 0.2) is 0 Å². The van der Waals surface area contributed by atoms with Gasteiger partial charge in [-0.2, -0.15) is 0 Å². The van der Waals surface area contributed by atoms with Crippen LogP contribution in [-0.4, -0.2) is 41.7 Å². The van der Waals surface area contributed by atoms with E-state index in [9.17, 15) is 0 Å². The Bertz CT molecular complexity index is 252. The minimum absolute atomic E-state index is 0.0943. The van der Waals surface area contributed by atoms with Crippen LogP contribution < -0.4 is 0 Å². The minimum atomic E-state index is -3.25. The second kappa shape index (κ2) is 4.00. The van der Waals surface area contributed by atoms with Gasteiger partial charge in [0.05, 0.1) is 0 Å². The fourth-order valence-electron chi connectivity index (χ4n) is 3.26. The van der Waals surface area contributed by atoms with E-state index in [0.717, 1.165) is 0 Å². The summed E-state index contributed by atoms with van der Waals surface area (Å²) in [5.74, 6) is 0. The Morgan fingerprint density at radius 3 is 1.19 bits per heavy atom. The van der Waals surface area contributed by atoms with Gasteiger partial charge in [0.25, 0.3) is 0 Å². The van der Waals surface area contributed by atoms with Gasteiger partial charge < -0.3 is 0 Å². The second-order valence-corrected chi connectivity index (χ2v) is 27.3. The Balaban J connectivity index is 3.15. The molecule has 6 heteroatoms. The van der Waals surface area contributed by atoms with Crippen molar-refractivity contribution in [1.29, 1.82) is 0 Å². The van der Waals surface area contributed by atoms with Crippen molar-refractivity contribution in [1.82, 2.24) is 5.57 Å².